The maximum Gasteiger partial charge on any atom is 0.280 e. The lowest BCUT2D eigenvalue weighted by Gasteiger charge is -2.19. The van der Waals surface area contributed by atoms with Gasteiger partial charge in [-0.1, -0.05) is 6.92 Å². The number of H-pyrrole nitrogens is 1. The van der Waals surface area contributed by atoms with Crippen LogP contribution in [0.15, 0.2) is 11.1 Å². The molecule has 3 rings (SSSR count). The summed E-state index contributed by atoms with van der Waals surface area (Å²) in [5.74, 6) is -0.964. The molecule has 3 heterocycles. The van der Waals surface area contributed by atoms with Crippen molar-refractivity contribution in [2.24, 2.45) is 0 Å². The molecule has 1 aliphatic rings. The molecule has 1 amide bonds. The zero-order chi connectivity index (χ0) is 22.5. The molecule has 1 unspecified atom stereocenters. The second-order valence-electron chi connectivity index (χ2n) is 6.99. The highest BCUT2D eigenvalue weighted by Gasteiger charge is 2.46. The average Bonchev–Trinajstić information content (AvgIpc) is 3.28. The fourth-order valence-corrected chi connectivity index (χ4v) is 3.37. The van der Waals surface area contributed by atoms with Crippen molar-refractivity contribution in [3.63, 3.8) is 0 Å². The van der Waals surface area contributed by atoms with E-state index >= 15 is 0 Å². The number of carbonyl (C=O) groups excluding carboxylic acids is 2. The van der Waals surface area contributed by atoms with Crippen LogP contribution in [0.2, 0.25) is 0 Å². The summed E-state index contributed by atoms with van der Waals surface area (Å²) in [6, 6.07) is 0. The highest BCUT2D eigenvalue weighted by molar-refractivity contribution is 6.03. The van der Waals surface area contributed by atoms with Gasteiger partial charge in [-0.15, -0.1) is 0 Å². The number of Topliss-reactive ketones (excluding diaryl/α,β-unsaturated/α-hetero) is 1. The summed E-state index contributed by atoms with van der Waals surface area (Å²) in [6.07, 6.45) is -1.92. The lowest BCUT2D eigenvalue weighted by atomic mass is 10.1. The van der Waals surface area contributed by atoms with Gasteiger partial charge in [-0.3, -0.25) is 29.3 Å². The van der Waals surface area contributed by atoms with E-state index in [4.69, 9.17) is 14.2 Å². The lowest BCUT2D eigenvalue weighted by molar-refractivity contribution is -0.125. The van der Waals surface area contributed by atoms with E-state index in [0.29, 0.717) is 13.2 Å². The summed E-state index contributed by atoms with van der Waals surface area (Å²) in [6.45, 7) is 6.39. The molecule has 1 saturated heterocycles. The number of aliphatic hydroxyl groups is 1. The summed E-state index contributed by atoms with van der Waals surface area (Å²) in [4.78, 5) is 46.6. The van der Waals surface area contributed by atoms with Crippen LogP contribution in [0.5, 0.6) is 0 Å². The Balaban J connectivity index is 1.90. The Hall–Kier alpha value is -2.67. The van der Waals surface area contributed by atoms with Crippen molar-refractivity contribution >= 4 is 28.8 Å². The number of anilines is 1. The van der Waals surface area contributed by atoms with Crippen molar-refractivity contribution in [2.45, 2.75) is 58.2 Å². The molecule has 31 heavy (non-hydrogen) atoms. The molecule has 1 fully saturated rings. The van der Waals surface area contributed by atoms with Crippen LogP contribution in [0.1, 0.15) is 39.8 Å². The van der Waals surface area contributed by atoms with E-state index in [9.17, 15) is 19.5 Å². The average molecular weight is 437 g/mol. The van der Waals surface area contributed by atoms with Crippen LogP contribution < -0.4 is 10.9 Å². The van der Waals surface area contributed by atoms with Crippen molar-refractivity contribution in [2.75, 3.05) is 25.1 Å². The van der Waals surface area contributed by atoms with Crippen molar-refractivity contribution < 1.29 is 28.9 Å². The smallest absolute Gasteiger partial charge is 0.280 e. The monoisotopic (exact) mass is 437 g/mol. The van der Waals surface area contributed by atoms with E-state index in [0.717, 1.165) is 0 Å². The highest BCUT2D eigenvalue weighted by Crippen LogP contribution is 2.33. The number of aromatic amines is 1. The van der Waals surface area contributed by atoms with Gasteiger partial charge in [-0.05, 0) is 13.8 Å². The van der Waals surface area contributed by atoms with Gasteiger partial charge in [0.2, 0.25) is 11.9 Å². The third-order valence-electron chi connectivity index (χ3n) is 4.87. The predicted octanol–water partition coefficient (Wildman–Crippen LogP) is 0.127. The number of rotatable bonds is 10. The third kappa shape index (κ3) is 4.98. The fourth-order valence-electron chi connectivity index (χ4n) is 3.37. The van der Waals surface area contributed by atoms with E-state index in [-0.39, 0.29) is 42.3 Å². The number of ether oxygens (including phenoxy) is 3. The number of hydrogen-bond donors (Lipinski definition) is 3. The number of fused-ring (bicyclic) bond motifs is 1. The molecule has 1 aliphatic heterocycles. The van der Waals surface area contributed by atoms with E-state index < -0.39 is 36.0 Å². The number of aromatic nitrogens is 4. The number of imidazole rings is 1. The predicted molar refractivity (Wildman–Crippen MR) is 109 cm³/mol. The van der Waals surface area contributed by atoms with E-state index in [1.54, 1.807) is 6.92 Å². The highest BCUT2D eigenvalue weighted by atomic mass is 16.6. The molecule has 0 saturated carbocycles. The summed E-state index contributed by atoms with van der Waals surface area (Å²) in [5, 5.41) is 13.2. The van der Waals surface area contributed by atoms with Crippen LogP contribution in [0.4, 0.5) is 5.95 Å². The van der Waals surface area contributed by atoms with Gasteiger partial charge in [-0.25, -0.2) is 4.98 Å². The second-order valence-corrected chi connectivity index (χ2v) is 6.99. The van der Waals surface area contributed by atoms with Gasteiger partial charge in [0, 0.05) is 19.6 Å². The molecular weight excluding hydrogens is 410 g/mol. The fraction of sp³-hybridized carbons (Fsp3) is 0.632. The van der Waals surface area contributed by atoms with Crippen molar-refractivity contribution in [1.29, 1.82) is 0 Å². The number of carbonyl (C=O) groups is 2. The van der Waals surface area contributed by atoms with Crippen molar-refractivity contribution in [1.82, 2.24) is 19.5 Å². The first-order valence-corrected chi connectivity index (χ1v) is 10.2. The summed E-state index contributed by atoms with van der Waals surface area (Å²) in [7, 11) is 0. The van der Waals surface area contributed by atoms with Crippen LogP contribution in [-0.2, 0) is 23.8 Å². The quantitative estimate of drug-likeness (QED) is 0.439. The number of ketones is 1. The van der Waals surface area contributed by atoms with E-state index in [2.05, 4.69) is 20.3 Å². The minimum absolute atomic E-state index is 0.0136. The SMILES string of the molecule is CCOC[C@H]1O[C@@H](n2cnc3c(=O)[nH]c(NC(=O)CC(=O)CC)nc32)C(O)[C@H]1OCC. The molecule has 0 bridgehead atoms. The van der Waals surface area contributed by atoms with Gasteiger partial charge >= 0.3 is 0 Å². The number of aliphatic hydroxyl groups excluding tert-OH is 1. The molecule has 0 aromatic carbocycles. The van der Waals surface area contributed by atoms with Crippen LogP contribution >= 0.6 is 0 Å². The molecular formula is C19H27N5O7. The largest absolute Gasteiger partial charge is 0.386 e. The molecule has 0 radical (unpaired) electrons. The molecule has 4 atom stereocenters. The minimum Gasteiger partial charge on any atom is -0.386 e. The molecule has 12 nitrogen and oxygen atoms in total. The summed E-state index contributed by atoms with van der Waals surface area (Å²) < 4.78 is 18.5. The van der Waals surface area contributed by atoms with Gasteiger partial charge < -0.3 is 19.3 Å². The standard InChI is InChI=1S/C19H27N5O7/c1-4-10(25)7-12(26)21-19-22-16-13(17(28)23-19)20-9-24(16)18-14(27)15(30-6-3)11(31-18)8-29-5-2/h9,11,14-15,18,27H,4-8H2,1-3H3,(H2,21,22,23,26,28)/t11-,14?,15+,18-/m1/s1. The van der Waals surface area contributed by atoms with Crippen LogP contribution in [0.3, 0.4) is 0 Å². The normalized spacial score (nSPS) is 23.4. The molecule has 0 spiro atoms. The Bertz CT molecular complexity index is 988. The second kappa shape index (κ2) is 10.1. The van der Waals surface area contributed by atoms with Gasteiger partial charge in [-0.2, -0.15) is 4.98 Å². The lowest BCUT2D eigenvalue weighted by Crippen LogP contribution is -2.36. The first-order valence-electron chi connectivity index (χ1n) is 10.2. The van der Waals surface area contributed by atoms with Crippen LogP contribution in [0, 0.1) is 0 Å². The first-order chi connectivity index (χ1) is 14.9. The zero-order valence-electron chi connectivity index (χ0n) is 17.7. The van der Waals surface area contributed by atoms with Crippen molar-refractivity contribution in [3.05, 3.63) is 16.7 Å². The van der Waals surface area contributed by atoms with Gasteiger partial charge in [0.1, 0.15) is 24.1 Å². The Labute approximate surface area is 177 Å². The number of nitrogens with zero attached hydrogens (tertiary/aromatic N) is 3. The number of nitrogens with one attached hydrogen (secondary N) is 2. The maximum absolute atomic E-state index is 12.4. The molecule has 0 aliphatic carbocycles. The van der Waals surface area contributed by atoms with Gasteiger partial charge in [0.25, 0.3) is 5.56 Å². The van der Waals surface area contributed by atoms with Gasteiger partial charge in [0.15, 0.2) is 17.4 Å². The summed E-state index contributed by atoms with van der Waals surface area (Å²) in [5.41, 5.74) is -0.461. The Morgan fingerprint density at radius 3 is 2.77 bits per heavy atom. The van der Waals surface area contributed by atoms with E-state index in [1.807, 2.05) is 13.8 Å². The maximum atomic E-state index is 12.4. The number of amides is 1. The van der Waals surface area contributed by atoms with E-state index in [1.165, 1.54) is 10.9 Å². The minimum atomic E-state index is -1.07. The topological polar surface area (TPSA) is 158 Å². The third-order valence-corrected chi connectivity index (χ3v) is 4.87. The Morgan fingerprint density at radius 1 is 1.32 bits per heavy atom. The molecule has 3 N–H and O–H groups in total. The van der Waals surface area contributed by atoms with Crippen LogP contribution in [-0.4, -0.2) is 74.4 Å². The zero-order valence-corrected chi connectivity index (χ0v) is 17.7. The van der Waals surface area contributed by atoms with Gasteiger partial charge in [0.05, 0.1) is 19.4 Å². The Morgan fingerprint density at radius 2 is 2.10 bits per heavy atom. The molecule has 2 aromatic heterocycles. The molecule has 12 heteroatoms. The first kappa shape index (κ1) is 23.0. The Kier molecular flexibility index (Phi) is 7.49. The number of hydrogen-bond acceptors (Lipinski definition) is 9. The molecule has 170 valence electrons. The molecule has 2 aromatic rings. The summed E-state index contributed by atoms with van der Waals surface area (Å²) >= 11 is 0. The van der Waals surface area contributed by atoms with Crippen LogP contribution in [0.25, 0.3) is 11.2 Å². The van der Waals surface area contributed by atoms with Crippen molar-refractivity contribution in [3.8, 4) is 0 Å².